The van der Waals surface area contributed by atoms with Gasteiger partial charge in [-0.1, -0.05) is 34.1 Å². The van der Waals surface area contributed by atoms with E-state index in [1.54, 1.807) is 18.4 Å². The Morgan fingerprint density at radius 2 is 2.19 bits per heavy atom. The maximum absolute atomic E-state index is 4.35. The Morgan fingerprint density at radius 1 is 1.43 bits per heavy atom. The van der Waals surface area contributed by atoms with Crippen LogP contribution in [-0.2, 0) is 13.1 Å². The summed E-state index contributed by atoms with van der Waals surface area (Å²) < 4.78 is 1.11. The maximum atomic E-state index is 4.35. The third-order valence-electron chi connectivity index (χ3n) is 3.01. The van der Waals surface area contributed by atoms with E-state index in [1.807, 2.05) is 25.4 Å². The van der Waals surface area contributed by atoms with E-state index >= 15 is 0 Å². The number of halogens is 1. The van der Waals surface area contributed by atoms with Crippen LogP contribution in [0, 0.1) is 6.92 Å². The molecule has 0 aliphatic heterocycles. The van der Waals surface area contributed by atoms with Gasteiger partial charge < -0.3 is 10.2 Å². The number of hydrogen-bond donors (Lipinski definition) is 1. The van der Waals surface area contributed by atoms with Crippen molar-refractivity contribution in [3.05, 3.63) is 50.4 Å². The Labute approximate surface area is 138 Å². The van der Waals surface area contributed by atoms with Crippen LogP contribution in [0.25, 0.3) is 0 Å². The summed E-state index contributed by atoms with van der Waals surface area (Å²) in [5.74, 6) is 0.860. The lowest BCUT2D eigenvalue weighted by Gasteiger charge is -2.22. The Kier molecular flexibility index (Phi) is 5.76. The van der Waals surface area contributed by atoms with Crippen molar-refractivity contribution in [1.82, 2.24) is 15.2 Å². The molecule has 0 fully saturated rings. The van der Waals surface area contributed by atoms with Gasteiger partial charge in [-0.3, -0.25) is 4.99 Å². The normalized spacial score (nSPS) is 11.5. The number of aliphatic imine (C=N–C) groups is 1. The summed E-state index contributed by atoms with van der Waals surface area (Å²) >= 11 is 5.28. The average molecular weight is 367 g/mol. The van der Waals surface area contributed by atoms with Crippen LogP contribution in [0.4, 0.5) is 0 Å². The Hall–Kier alpha value is -1.40. The first-order chi connectivity index (χ1) is 10.1. The minimum atomic E-state index is 0.700. The molecule has 0 aliphatic carbocycles. The molecular formula is C15H19BrN4S. The number of thiazole rings is 1. The number of hydrogen-bond acceptors (Lipinski definition) is 3. The maximum Gasteiger partial charge on any atom is 0.194 e. The van der Waals surface area contributed by atoms with Crippen molar-refractivity contribution in [2.45, 2.75) is 20.0 Å². The van der Waals surface area contributed by atoms with Gasteiger partial charge in [0, 0.05) is 36.2 Å². The predicted octanol–water partition coefficient (Wildman–Crippen LogP) is 3.42. The first-order valence-corrected chi connectivity index (χ1v) is 8.27. The quantitative estimate of drug-likeness (QED) is 0.665. The molecule has 0 saturated heterocycles. The summed E-state index contributed by atoms with van der Waals surface area (Å²) in [5, 5.41) is 4.42. The standard InChI is InChI=1S/C15H19BrN4S/c1-11-8-18-14(21-11)9-19-15(17-2)20(3)10-12-6-4-5-7-13(12)16/h4-8H,9-10H2,1-3H3,(H,17,19). The molecule has 112 valence electrons. The van der Waals surface area contributed by atoms with E-state index in [1.165, 1.54) is 10.4 Å². The SMILES string of the molecule is CN=C(NCc1ncc(C)s1)N(C)Cc1ccccc1Br. The van der Waals surface area contributed by atoms with E-state index in [-0.39, 0.29) is 0 Å². The molecule has 21 heavy (non-hydrogen) atoms. The summed E-state index contributed by atoms with van der Waals surface area (Å²) in [6.07, 6.45) is 1.90. The van der Waals surface area contributed by atoms with Gasteiger partial charge in [0.15, 0.2) is 5.96 Å². The summed E-state index contributed by atoms with van der Waals surface area (Å²) in [5.41, 5.74) is 1.23. The third kappa shape index (κ3) is 4.54. The van der Waals surface area contributed by atoms with E-state index in [4.69, 9.17) is 0 Å². The number of nitrogens with zero attached hydrogens (tertiary/aromatic N) is 3. The van der Waals surface area contributed by atoms with Crippen molar-refractivity contribution in [2.24, 2.45) is 4.99 Å². The second-order valence-corrected chi connectivity index (χ2v) is 6.89. The molecule has 0 spiro atoms. The molecule has 0 amide bonds. The van der Waals surface area contributed by atoms with E-state index < -0.39 is 0 Å². The fourth-order valence-corrected chi connectivity index (χ4v) is 3.12. The zero-order valence-corrected chi connectivity index (χ0v) is 14.8. The molecule has 1 aromatic heterocycles. The van der Waals surface area contributed by atoms with Gasteiger partial charge in [0.05, 0.1) is 6.54 Å². The van der Waals surface area contributed by atoms with E-state index in [0.29, 0.717) is 6.54 Å². The zero-order chi connectivity index (χ0) is 15.2. The average Bonchev–Trinajstić information content (AvgIpc) is 2.88. The van der Waals surface area contributed by atoms with E-state index in [9.17, 15) is 0 Å². The predicted molar refractivity (Wildman–Crippen MR) is 92.7 cm³/mol. The molecule has 0 bridgehead atoms. The van der Waals surface area contributed by atoms with Gasteiger partial charge >= 0.3 is 0 Å². The molecule has 1 heterocycles. The van der Waals surface area contributed by atoms with Crippen molar-refractivity contribution in [3.63, 3.8) is 0 Å². The lowest BCUT2D eigenvalue weighted by Crippen LogP contribution is -2.38. The molecule has 2 rings (SSSR count). The van der Waals surface area contributed by atoms with E-state index in [0.717, 1.165) is 22.0 Å². The molecular weight excluding hydrogens is 348 g/mol. The minimum absolute atomic E-state index is 0.700. The monoisotopic (exact) mass is 366 g/mol. The van der Waals surface area contributed by atoms with Crippen LogP contribution in [0.15, 0.2) is 39.9 Å². The van der Waals surface area contributed by atoms with Crippen molar-refractivity contribution < 1.29 is 0 Å². The number of benzene rings is 1. The van der Waals surface area contributed by atoms with Gasteiger partial charge in [0.2, 0.25) is 0 Å². The Bertz CT molecular complexity index is 624. The van der Waals surface area contributed by atoms with Gasteiger partial charge in [-0.05, 0) is 18.6 Å². The molecule has 0 radical (unpaired) electrons. The molecule has 4 nitrogen and oxygen atoms in total. The largest absolute Gasteiger partial charge is 0.350 e. The summed E-state index contributed by atoms with van der Waals surface area (Å²) in [6.45, 7) is 3.55. The second kappa shape index (κ2) is 7.56. The highest BCUT2D eigenvalue weighted by Gasteiger charge is 2.09. The number of aryl methyl sites for hydroxylation is 1. The number of guanidine groups is 1. The fourth-order valence-electron chi connectivity index (χ4n) is 1.98. The van der Waals surface area contributed by atoms with Crippen LogP contribution in [0.2, 0.25) is 0 Å². The molecule has 0 unspecified atom stereocenters. The molecule has 2 aromatic rings. The summed E-state index contributed by atoms with van der Waals surface area (Å²) in [4.78, 5) is 12.0. The highest BCUT2D eigenvalue weighted by atomic mass is 79.9. The fraction of sp³-hybridized carbons (Fsp3) is 0.333. The lowest BCUT2D eigenvalue weighted by molar-refractivity contribution is 0.475. The van der Waals surface area contributed by atoms with Gasteiger partial charge in [-0.15, -0.1) is 11.3 Å². The highest BCUT2D eigenvalue weighted by molar-refractivity contribution is 9.10. The zero-order valence-electron chi connectivity index (χ0n) is 12.4. The smallest absolute Gasteiger partial charge is 0.194 e. The van der Waals surface area contributed by atoms with Crippen molar-refractivity contribution in [2.75, 3.05) is 14.1 Å². The van der Waals surface area contributed by atoms with Crippen LogP contribution in [0.3, 0.4) is 0 Å². The van der Waals surface area contributed by atoms with E-state index in [2.05, 4.69) is 55.2 Å². The number of rotatable bonds is 4. The molecule has 6 heteroatoms. The summed E-state index contributed by atoms with van der Waals surface area (Å²) in [7, 11) is 3.83. The Morgan fingerprint density at radius 3 is 2.81 bits per heavy atom. The van der Waals surface area contributed by atoms with Gasteiger partial charge in [-0.25, -0.2) is 4.98 Å². The molecule has 0 aliphatic rings. The first-order valence-electron chi connectivity index (χ1n) is 6.66. The van der Waals surface area contributed by atoms with Gasteiger partial charge in [0.25, 0.3) is 0 Å². The molecule has 1 N–H and O–H groups in total. The lowest BCUT2D eigenvalue weighted by atomic mass is 10.2. The van der Waals surface area contributed by atoms with Crippen LogP contribution in [-0.4, -0.2) is 29.9 Å². The molecule has 1 aromatic carbocycles. The number of aromatic nitrogens is 1. The highest BCUT2D eigenvalue weighted by Crippen LogP contribution is 2.17. The summed E-state index contributed by atoms with van der Waals surface area (Å²) in [6, 6.07) is 8.23. The van der Waals surface area contributed by atoms with Crippen LogP contribution in [0.5, 0.6) is 0 Å². The van der Waals surface area contributed by atoms with Gasteiger partial charge in [0.1, 0.15) is 5.01 Å². The number of nitrogens with one attached hydrogen (secondary N) is 1. The van der Waals surface area contributed by atoms with Crippen LogP contribution >= 0.6 is 27.3 Å². The third-order valence-corrected chi connectivity index (χ3v) is 4.69. The van der Waals surface area contributed by atoms with Crippen molar-refractivity contribution >= 4 is 33.2 Å². The molecule has 0 saturated carbocycles. The van der Waals surface area contributed by atoms with Gasteiger partial charge in [-0.2, -0.15) is 0 Å². The second-order valence-electron chi connectivity index (χ2n) is 4.71. The first kappa shape index (κ1) is 16.0. The van der Waals surface area contributed by atoms with Crippen LogP contribution in [0.1, 0.15) is 15.4 Å². The van der Waals surface area contributed by atoms with Crippen LogP contribution < -0.4 is 5.32 Å². The minimum Gasteiger partial charge on any atom is -0.350 e. The topological polar surface area (TPSA) is 40.5 Å². The Balaban J connectivity index is 1.96. The van der Waals surface area contributed by atoms with Crippen molar-refractivity contribution in [3.8, 4) is 0 Å². The molecule has 0 atom stereocenters. The van der Waals surface area contributed by atoms with Crippen molar-refractivity contribution in [1.29, 1.82) is 0 Å².